The number of carbonyl (C=O) groups excluding carboxylic acids is 4. The molecule has 0 amide bonds. The lowest BCUT2D eigenvalue weighted by Crippen LogP contribution is -2.51. The summed E-state index contributed by atoms with van der Waals surface area (Å²) in [6.07, 6.45) is 0.438. The van der Waals surface area contributed by atoms with Gasteiger partial charge in [-0.1, -0.05) is 24.3 Å². The van der Waals surface area contributed by atoms with E-state index < -0.39 is 88.7 Å². The molecule has 2 heterocycles. The zero-order chi connectivity index (χ0) is 32.2. The molecule has 1 saturated heterocycles. The van der Waals surface area contributed by atoms with Crippen LogP contribution in [0.5, 0.6) is 17.2 Å². The monoisotopic (exact) mass is 622 g/mol. The van der Waals surface area contributed by atoms with Crippen LogP contribution in [0.25, 0.3) is 0 Å². The summed E-state index contributed by atoms with van der Waals surface area (Å²) in [4.78, 5) is 54.9. The van der Waals surface area contributed by atoms with E-state index in [4.69, 9.17) is 14.2 Å². The number of aromatic hydroxyl groups is 2. The van der Waals surface area contributed by atoms with Crippen molar-refractivity contribution in [1.29, 1.82) is 0 Å². The van der Waals surface area contributed by atoms with E-state index in [-0.39, 0.29) is 41.2 Å². The first-order valence-corrected chi connectivity index (χ1v) is 14.8. The number of hydroxylamine groups is 1. The number of benzene rings is 2. The lowest BCUT2D eigenvalue weighted by Gasteiger charge is -2.41. The molecule has 2 aliphatic heterocycles. The minimum atomic E-state index is -2.06. The van der Waals surface area contributed by atoms with Gasteiger partial charge in [0, 0.05) is 49.0 Å². The van der Waals surface area contributed by atoms with Crippen LogP contribution in [-0.4, -0.2) is 92.4 Å². The summed E-state index contributed by atoms with van der Waals surface area (Å²) in [5.41, 5.74) is -1.37. The number of aliphatic hydroxyl groups is 1. The molecule has 5 atom stereocenters. The second-order valence-corrected chi connectivity index (χ2v) is 11.9. The van der Waals surface area contributed by atoms with Crippen molar-refractivity contribution in [2.24, 2.45) is 0 Å². The molecule has 238 valence electrons. The molecule has 2 aromatic rings. The Hall–Kier alpha value is -3.98. The van der Waals surface area contributed by atoms with E-state index in [1.54, 1.807) is 12.1 Å². The first kappa shape index (κ1) is 31.0. The van der Waals surface area contributed by atoms with Crippen molar-refractivity contribution in [2.75, 3.05) is 19.8 Å². The zero-order valence-corrected chi connectivity index (χ0v) is 24.7. The molecule has 3 unspecified atom stereocenters. The molecule has 2 aromatic carbocycles. The summed E-state index contributed by atoms with van der Waals surface area (Å²) in [6, 6.07) is 3.50. The fourth-order valence-electron chi connectivity index (χ4n) is 6.55. The molecule has 5 N–H and O–H groups in total. The first-order chi connectivity index (χ1) is 21.4. The van der Waals surface area contributed by atoms with Crippen LogP contribution in [0, 0.1) is 0 Å². The predicted octanol–water partition coefficient (Wildman–Crippen LogP) is 1.85. The van der Waals surface area contributed by atoms with E-state index in [0.717, 1.165) is 19.9 Å². The molecule has 45 heavy (non-hydrogen) atoms. The summed E-state index contributed by atoms with van der Waals surface area (Å²) in [7, 11) is 0. The van der Waals surface area contributed by atoms with E-state index in [1.807, 2.05) is 16.5 Å². The van der Waals surface area contributed by atoms with Gasteiger partial charge in [-0.05, 0) is 26.3 Å². The number of carbonyl (C=O) groups is 4. The largest absolute Gasteiger partial charge is 0.507 e. The lowest BCUT2D eigenvalue weighted by molar-refractivity contribution is -0.226. The SMILES string of the molecule is CC(=O)[C@]1(O)Cc2c(O)c3c(c(O)c2[C@@H](OC2CC(NO)C(=O)C(C)O2)C1)C(=O)c1c(OCN2CC=CCC2)cccc1C3=O. The summed E-state index contributed by atoms with van der Waals surface area (Å²) < 4.78 is 17.7. The molecule has 4 aliphatic rings. The minimum absolute atomic E-state index is 0.0274. The Bertz CT molecular complexity index is 1640. The molecule has 0 spiro atoms. The average Bonchev–Trinajstić information content (AvgIpc) is 3.02. The Morgan fingerprint density at radius 3 is 2.56 bits per heavy atom. The number of nitrogens with zero attached hydrogens (tertiary/aromatic N) is 1. The molecule has 0 radical (unpaired) electrons. The standard InChI is InChI=1S/C32H34N2O11/c1-15-27(36)19(33-42)11-22(44-15)45-21-13-32(41,16(2)35)12-18-24(21)31(40)26-25(29(18)38)28(37)17-7-6-8-20(23(17)30(26)39)43-14-34-9-4-3-5-10-34/h3-4,6-8,15,19,21-22,33,38,40-42H,5,9-14H2,1-2H3/t15?,19?,21-,22?,32-/m0/s1. The Morgan fingerprint density at radius 1 is 1.11 bits per heavy atom. The van der Waals surface area contributed by atoms with Crippen LogP contribution >= 0.6 is 0 Å². The third-order valence-corrected chi connectivity index (χ3v) is 9.06. The van der Waals surface area contributed by atoms with Gasteiger partial charge in [0.05, 0.1) is 28.8 Å². The van der Waals surface area contributed by atoms with E-state index >= 15 is 0 Å². The summed E-state index contributed by atoms with van der Waals surface area (Å²) >= 11 is 0. The molecule has 13 heteroatoms. The maximum atomic E-state index is 14.1. The quantitative estimate of drug-likeness (QED) is 0.146. The van der Waals surface area contributed by atoms with Crippen molar-refractivity contribution in [2.45, 2.75) is 69.7 Å². The van der Waals surface area contributed by atoms with Crippen LogP contribution in [0.15, 0.2) is 30.4 Å². The van der Waals surface area contributed by atoms with E-state index in [9.17, 15) is 39.7 Å². The summed E-state index contributed by atoms with van der Waals surface area (Å²) in [5.74, 6) is -3.75. The van der Waals surface area contributed by atoms with Crippen LogP contribution in [0.4, 0.5) is 0 Å². The number of rotatable bonds is 7. The molecule has 2 aliphatic carbocycles. The van der Waals surface area contributed by atoms with Crippen molar-refractivity contribution in [1.82, 2.24) is 10.4 Å². The highest BCUT2D eigenvalue weighted by atomic mass is 16.7. The van der Waals surface area contributed by atoms with Gasteiger partial charge in [0.2, 0.25) is 5.78 Å². The number of fused-ring (bicyclic) bond motifs is 3. The fraction of sp³-hybridized carbons (Fsp3) is 0.438. The van der Waals surface area contributed by atoms with Gasteiger partial charge in [-0.2, -0.15) is 5.48 Å². The lowest BCUT2D eigenvalue weighted by atomic mass is 9.72. The first-order valence-electron chi connectivity index (χ1n) is 14.8. The Kier molecular flexibility index (Phi) is 8.10. The van der Waals surface area contributed by atoms with E-state index in [2.05, 4.69) is 6.08 Å². The molecule has 6 rings (SSSR count). The van der Waals surface area contributed by atoms with Gasteiger partial charge in [0.15, 0.2) is 23.6 Å². The van der Waals surface area contributed by atoms with Crippen LogP contribution in [0.2, 0.25) is 0 Å². The fourth-order valence-corrected chi connectivity index (χ4v) is 6.55. The molecular formula is C32H34N2O11. The number of ketones is 4. The van der Waals surface area contributed by atoms with Crippen molar-refractivity contribution in [3.63, 3.8) is 0 Å². The second kappa shape index (κ2) is 11.7. The van der Waals surface area contributed by atoms with Crippen LogP contribution < -0.4 is 10.2 Å². The zero-order valence-electron chi connectivity index (χ0n) is 24.7. The van der Waals surface area contributed by atoms with E-state index in [0.29, 0.717) is 6.54 Å². The van der Waals surface area contributed by atoms with Gasteiger partial charge in [0.25, 0.3) is 0 Å². The molecular weight excluding hydrogens is 588 g/mol. The van der Waals surface area contributed by atoms with Crippen molar-refractivity contribution >= 4 is 23.1 Å². The average molecular weight is 623 g/mol. The molecule has 1 fully saturated rings. The Morgan fingerprint density at radius 2 is 1.87 bits per heavy atom. The number of ether oxygens (including phenoxy) is 3. The van der Waals surface area contributed by atoms with Gasteiger partial charge in [-0.15, -0.1) is 0 Å². The number of hydrogen-bond acceptors (Lipinski definition) is 13. The van der Waals surface area contributed by atoms with Crippen LogP contribution in [0.3, 0.4) is 0 Å². The molecule has 0 bridgehead atoms. The predicted molar refractivity (Wildman–Crippen MR) is 154 cm³/mol. The summed E-state index contributed by atoms with van der Waals surface area (Å²) in [5, 5.41) is 44.1. The molecule has 0 aromatic heterocycles. The number of nitrogens with one attached hydrogen (secondary N) is 1. The van der Waals surface area contributed by atoms with Crippen molar-refractivity contribution < 1.29 is 53.9 Å². The van der Waals surface area contributed by atoms with Crippen molar-refractivity contribution in [3.05, 3.63) is 63.7 Å². The van der Waals surface area contributed by atoms with E-state index in [1.165, 1.54) is 13.0 Å². The third-order valence-electron chi connectivity index (χ3n) is 9.06. The number of phenolic OH excluding ortho intramolecular Hbond substituents is 2. The van der Waals surface area contributed by atoms with Gasteiger partial charge in [-0.3, -0.25) is 24.1 Å². The molecule has 13 nitrogen and oxygen atoms in total. The number of hydrogen-bond donors (Lipinski definition) is 5. The smallest absolute Gasteiger partial charge is 0.202 e. The van der Waals surface area contributed by atoms with Gasteiger partial charge >= 0.3 is 0 Å². The van der Waals surface area contributed by atoms with Crippen molar-refractivity contribution in [3.8, 4) is 17.2 Å². The van der Waals surface area contributed by atoms with Crippen LogP contribution in [0.1, 0.15) is 82.2 Å². The maximum absolute atomic E-state index is 14.1. The third kappa shape index (κ3) is 5.25. The second-order valence-electron chi connectivity index (χ2n) is 11.9. The highest BCUT2D eigenvalue weighted by molar-refractivity contribution is 6.31. The highest BCUT2D eigenvalue weighted by Crippen LogP contribution is 2.52. The highest BCUT2D eigenvalue weighted by Gasteiger charge is 2.49. The normalized spacial score (nSPS) is 28.0. The Labute approximate surface area is 258 Å². The topological polar surface area (TPSA) is 192 Å². The Balaban J connectivity index is 1.43. The summed E-state index contributed by atoms with van der Waals surface area (Å²) in [6.45, 7) is 4.19. The maximum Gasteiger partial charge on any atom is 0.202 e. The van der Waals surface area contributed by atoms with Gasteiger partial charge in [0.1, 0.15) is 35.7 Å². The van der Waals surface area contributed by atoms with Gasteiger partial charge in [-0.25, -0.2) is 0 Å². The molecule has 0 saturated carbocycles. The van der Waals surface area contributed by atoms with Crippen LogP contribution in [-0.2, 0) is 25.5 Å². The number of Topliss-reactive ketones (excluding diaryl/α,β-unsaturated/α-hetero) is 2. The van der Waals surface area contributed by atoms with Gasteiger partial charge < -0.3 is 34.7 Å². The minimum Gasteiger partial charge on any atom is -0.507 e. The number of phenols is 2.